The molecule has 184 valence electrons. The van der Waals surface area contributed by atoms with Crippen LogP contribution in [0.25, 0.3) is 10.9 Å². The zero-order chi connectivity index (χ0) is 25.4. The Morgan fingerprint density at radius 2 is 1.83 bits per heavy atom. The summed E-state index contributed by atoms with van der Waals surface area (Å²) in [4.78, 5) is 32.4. The van der Waals surface area contributed by atoms with Crippen molar-refractivity contribution in [3.8, 4) is 0 Å². The smallest absolute Gasteiger partial charge is 0.337 e. The van der Waals surface area contributed by atoms with Crippen molar-refractivity contribution in [2.75, 3.05) is 23.3 Å². The second-order valence-electron chi connectivity index (χ2n) is 9.59. The van der Waals surface area contributed by atoms with Gasteiger partial charge in [0.2, 0.25) is 5.95 Å². The molecule has 2 atom stereocenters. The van der Waals surface area contributed by atoms with Crippen molar-refractivity contribution in [1.82, 2.24) is 9.55 Å². The number of fused-ring (bicyclic) bond motifs is 1. The van der Waals surface area contributed by atoms with Crippen LogP contribution in [0.3, 0.4) is 0 Å². The van der Waals surface area contributed by atoms with Gasteiger partial charge in [0.1, 0.15) is 0 Å². The monoisotopic (exact) mass is 482 g/mol. The number of rotatable bonds is 6. The average molecular weight is 483 g/mol. The zero-order valence-corrected chi connectivity index (χ0v) is 20.7. The van der Waals surface area contributed by atoms with Gasteiger partial charge in [-0.15, -0.1) is 0 Å². The lowest BCUT2D eigenvalue weighted by molar-refractivity contribution is 0.0698. The number of anilines is 2. The number of hydrogen-bond donors (Lipinski definition) is 2. The summed E-state index contributed by atoms with van der Waals surface area (Å²) in [6, 6.07) is 20.9. The van der Waals surface area contributed by atoms with Gasteiger partial charge < -0.3 is 15.3 Å². The van der Waals surface area contributed by atoms with Crippen molar-refractivity contribution in [2.24, 2.45) is 7.05 Å². The van der Waals surface area contributed by atoms with E-state index in [2.05, 4.69) is 34.5 Å². The predicted molar refractivity (Wildman–Crippen MR) is 143 cm³/mol. The molecule has 0 amide bonds. The van der Waals surface area contributed by atoms with Gasteiger partial charge in [-0.3, -0.25) is 9.36 Å². The van der Waals surface area contributed by atoms with E-state index in [9.17, 15) is 14.7 Å². The minimum Gasteiger partial charge on any atom is -0.478 e. The molecule has 4 aromatic rings. The summed E-state index contributed by atoms with van der Waals surface area (Å²) in [6.45, 7) is 5.55. The molecule has 1 fully saturated rings. The Labute approximate surface area is 210 Å². The lowest BCUT2D eigenvalue weighted by Crippen LogP contribution is -2.30. The van der Waals surface area contributed by atoms with Gasteiger partial charge in [0.15, 0.2) is 0 Å². The highest BCUT2D eigenvalue weighted by molar-refractivity contribution is 5.94. The number of nitrogens with one attached hydrogen (secondary N) is 1. The Balaban J connectivity index is 1.55. The molecule has 1 saturated heterocycles. The van der Waals surface area contributed by atoms with E-state index in [0.717, 1.165) is 30.6 Å². The van der Waals surface area contributed by atoms with E-state index in [4.69, 9.17) is 4.98 Å². The third kappa shape index (κ3) is 4.33. The lowest BCUT2D eigenvalue weighted by Gasteiger charge is -2.23. The highest BCUT2D eigenvalue weighted by atomic mass is 16.4. The van der Waals surface area contributed by atoms with Gasteiger partial charge in [0, 0.05) is 37.3 Å². The van der Waals surface area contributed by atoms with E-state index in [1.807, 2.05) is 32.0 Å². The number of benzene rings is 3. The fourth-order valence-electron chi connectivity index (χ4n) is 5.20. The summed E-state index contributed by atoms with van der Waals surface area (Å²) < 4.78 is 1.65. The maximum Gasteiger partial charge on any atom is 0.337 e. The molecular formula is C29H30N4O3. The van der Waals surface area contributed by atoms with E-state index in [1.165, 1.54) is 5.56 Å². The van der Waals surface area contributed by atoms with E-state index in [-0.39, 0.29) is 17.2 Å². The predicted octanol–water partition coefficient (Wildman–Crippen LogP) is 5.11. The number of carboxylic acids is 1. The number of hydrogen-bond acceptors (Lipinski definition) is 5. The Morgan fingerprint density at radius 1 is 1.11 bits per heavy atom. The summed E-state index contributed by atoms with van der Waals surface area (Å²) in [5.41, 5.74) is 4.42. The Hall–Kier alpha value is -4.13. The quantitative estimate of drug-likeness (QED) is 0.397. The van der Waals surface area contributed by atoms with Gasteiger partial charge >= 0.3 is 5.97 Å². The summed E-state index contributed by atoms with van der Waals surface area (Å²) in [6.07, 6.45) is 1.00. The van der Waals surface area contributed by atoms with Crippen LogP contribution >= 0.6 is 0 Å². The first-order chi connectivity index (χ1) is 17.3. The average Bonchev–Trinajstić information content (AvgIpc) is 3.37. The van der Waals surface area contributed by atoms with Crippen LogP contribution in [-0.4, -0.2) is 33.7 Å². The number of nitrogens with zero attached hydrogens (tertiary/aromatic N) is 3. The number of aryl methyl sites for hydroxylation is 1. The maximum atomic E-state index is 13.5. The van der Waals surface area contributed by atoms with Gasteiger partial charge in [0.05, 0.1) is 22.5 Å². The molecular weight excluding hydrogens is 452 g/mol. The van der Waals surface area contributed by atoms with Crippen LogP contribution in [0.5, 0.6) is 0 Å². The third-order valence-electron chi connectivity index (χ3n) is 7.07. The van der Waals surface area contributed by atoms with E-state index < -0.39 is 5.97 Å². The Morgan fingerprint density at radius 3 is 2.58 bits per heavy atom. The molecule has 1 aromatic heterocycles. The van der Waals surface area contributed by atoms with Gasteiger partial charge in [-0.05, 0) is 49.6 Å². The largest absolute Gasteiger partial charge is 0.478 e. The number of para-hydroxylation sites is 1. The van der Waals surface area contributed by atoms with Crippen molar-refractivity contribution in [1.29, 1.82) is 0 Å². The molecule has 0 saturated carbocycles. The van der Waals surface area contributed by atoms with Gasteiger partial charge in [-0.2, -0.15) is 0 Å². The molecule has 0 aliphatic carbocycles. The van der Waals surface area contributed by atoms with Crippen LogP contribution in [0.15, 0.2) is 71.5 Å². The number of aromatic carboxylic acids is 1. The molecule has 1 aliphatic heterocycles. The molecule has 1 aliphatic rings. The molecule has 3 aromatic carbocycles. The Bertz CT molecular complexity index is 1500. The second-order valence-corrected chi connectivity index (χ2v) is 9.59. The van der Waals surface area contributed by atoms with Crippen LogP contribution in [0.2, 0.25) is 0 Å². The zero-order valence-electron chi connectivity index (χ0n) is 20.7. The maximum absolute atomic E-state index is 13.5. The lowest BCUT2D eigenvalue weighted by atomic mass is 9.99. The first-order valence-electron chi connectivity index (χ1n) is 12.2. The number of carbonyl (C=O) groups is 1. The van der Waals surface area contributed by atoms with Crippen molar-refractivity contribution in [3.63, 3.8) is 0 Å². The Kier molecular flexibility index (Phi) is 6.22. The highest BCUT2D eigenvalue weighted by Crippen LogP contribution is 2.32. The summed E-state index contributed by atoms with van der Waals surface area (Å²) in [5.74, 6) is 0.0641. The second kappa shape index (κ2) is 9.49. The van der Waals surface area contributed by atoms with E-state index in [1.54, 1.807) is 35.9 Å². The molecule has 36 heavy (non-hydrogen) atoms. The highest BCUT2D eigenvalue weighted by Gasteiger charge is 2.27. The molecule has 0 spiro atoms. The first-order valence-corrected chi connectivity index (χ1v) is 12.2. The normalized spacial score (nSPS) is 16.3. The fourth-order valence-corrected chi connectivity index (χ4v) is 5.20. The van der Waals surface area contributed by atoms with Crippen molar-refractivity contribution in [3.05, 3.63) is 99.3 Å². The molecule has 2 heterocycles. The van der Waals surface area contributed by atoms with Crippen molar-refractivity contribution >= 4 is 28.5 Å². The van der Waals surface area contributed by atoms with Crippen LogP contribution in [-0.2, 0) is 7.05 Å². The van der Waals surface area contributed by atoms with Gasteiger partial charge in [-0.25, -0.2) is 9.78 Å². The minimum absolute atomic E-state index is 0.0822. The molecule has 2 N–H and O–H groups in total. The van der Waals surface area contributed by atoms with Gasteiger partial charge in [0.25, 0.3) is 5.56 Å². The topological polar surface area (TPSA) is 87.5 Å². The van der Waals surface area contributed by atoms with E-state index in [0.29, 0.717) is 28.5 Å². The molecule has 0 bridgehead atoms. The van der Waals surface area contributed by atoms with Crippen LogP contribution in [0.1, 0.15) is 52.4 Å². The standard InChI is InChI=1S/C29H30N4O3/c1-18-15-23(19(2)30-25-12-8-7-11-22(25)28(35)36)26-24(16-18)27(34)32(3)29(31-26)33-14-13-21(17-33)20-9-5-4-6-10-20/h4-12,15-16,19,21,30H,13-14,17H2,1-3H3,(H,35,36). The van der Waals surface area contributed by atoms with Crippen LogP contribution in [0, 0.1) is 6.92 Å². The molecule has 5 rings (SSSR count). The van der Waals surface area contributed by atoms with Crippen LogP contribution < -0.4 is 15.8 Å². The van der Waals surface area contributed by atoms with Crippen molar-refractivity contribution in [2.45, 2.75) is 32.2 Å². The first kappa shape index (κ1) is 23.6. The van der Waals surface area contributed by atoms with Crippen LogP contribution in [0.4, 0.5) is 11.6 Å². The molecule has 0 radical (unpaired) electrons. The van der Waals surface area contributed by atoms with Crippen molar-refractivity contribution < 1.29 is 9.90 Å². The summed E-state index contributed by atoms with van der Waals surface area (Å²) >= 11 is 0. The van der Waals surface area contributed by atoms with E-state index >= 15 is 0 Å². The number of aromatic nitrogens is 2. The summed E-state index contributed by atoms with van der Waals surface area (Å²) in [5, 5.41) is 13.5. The fraction of sp³-hybridized carbons (Fsp3) is 0.276. The number of carboxylic acid groups (broad SMARTS) is 1. The molecule has 7 heteroatoms. The third-order valence-corrected chi connectivity index (χ3v) is 7.07. The van der Waals surface area contributed by atoms with Gasteiger partial charge in [-0.1, -0.05) is 48.5 Å². The molecule has 7 nitrogen and oxygen atoms in total. The molecule has 2 unspecified atom stereocenters. The minimum atomic E-state index is -0.990. The SMILES string of the molecule is Cc1cc(C(C)Nc2ccccc2C(=O)O)c2nc(N3CCC(c4ccccc4)C3)n(C)c(=O)c2c1. The summed E-state index contributed by atoms with van der Waals surface area (Å²) in [7, 11) is 1.78.